The van der Waals surface area contributed by atoms with Crippen molar-refractivity contribution in [1.82, 2.24) is 4.98 Å². The summed E-state index contributed by atoms with van der Waals surface area (Å²) in [6.07, 6.45) is 0.960. The molecule has 0 atom stereocenters. The average Bonchev–Trinajstić information content (AvgIpc) is 2.96. The molecule has 6 nitrogen and oxygen atoms in total. The van der Waals surface area contributed by atoms with E-state index in [1.807, 2.05) is 36.4 Å². The highest BCUT2D eigenvalue weighted by Crippen LogP contribution is 2.28. The van der Waals surface area contributed by atoms with E-state index in [2.05, 4.69) is 27.9 Å². The predicted octanol–water partition coefficient (Wildman–Crippen LogP) is 4.46. The summed E-state index contributed by atoms with van der Waals surface area (Å²) >= 11 is 1.36. The van der Waals surface area contributed by atoms with E-state index in [4.69, 9.17) is 0 Å². The molecule has 128 valence electrons. The van der Waals surface area contributed by atoms with Crippen LogP contribution in [0.2, 0.25) is 0 Å². The Morgan fingerprint density at radius 1 is 1.00 bits per heavy atom. The summed E-state index contributed by atoms with van der Waals surface area (Å²) in [7, 11) is 0. The largest absolute Gasteiger partial charge is 0.323 e. The van der Waals surface area contributed by atoms with Crippen LogP contribution in [-0.4, -0.2) is 16.9 Å². The number of aromatic nitrogens is 1. The Morgan fingerprint density at radius 3 is 2.36 bits per heavy atom. The third kappa shape index (κ3) is 4.33. The number of anilines is 3. The minimum atomic E-state index is -0.310. The molecular formula is C18H18N4O2S. The Labute approximate surface area is 149 Å². The normalized spacial score (nSPS) is 10.5. The number of carbonyl (C=O) groups is 2. The van der Waals surface area contributed by atoms with Gasteiger partial charge in [0.05, 0.1) is 10.2 Å². The third-order valence-corrected chi connectivity index (χ3v) is 4.48. The SMILES string of the molecule is CCc1ccc(NC(=O)Nc2ccc3nc(NC(C)=O)sc3c2)cc1. The van der Waals surface area contributed by atoms with Crippen LogP contribution in [0, 0.1) is 0 Å². The lowest BCUT2D eigenvalue weighted by atomic mass is 10.1. The molecule has 0 aliphatic carbocycles. The van der Waals surface area contributed by atoms with Gasteiger partial charge >= 0.3 is 6.03 Å². The first kappa shape index (κ1) is 16.9. The Morgan fingerprint density at radius 2 is 1.68 bits per heavy atom. The highest BCUT2D eigenvalue weighted by Gasteiger charge is 2.08. The lowest BCUT2D eigenvalue weighted by Crippen LogP contribution is -2.19. The van der Waals surface area contributed by atoms with Gasteiger partial charge in [0.15, 0.2) is 5.13 Å². The molecule has 0 fully saturated rings. The Kier molecular flexibility index (Phi) is 4.95. The quantitative estimate of drug-likeness (QED) is 0.647. The first-order valence-electron chi connectivity index (χ1n) is 7.88. The van der Waals surface area contributed by atoms with Crippen LogP contribution in [0.1, 0.15) is 19.4 Å². The number of benzene rings is 2. The standard InChI is InChI=1S/C18H18N4O2S/c1-3-12-4-6-13(7-5-12)20-17(24)21-14-8-9-15-16(10-14)25-18(22-15)19-11(2)23/h4-10H,3H2,1-2H3,(H,19,22,23)(H2,20,21,24). The van der Waals surface area contributed by atoms with Crippen LogP contribution in [0.3, 0.4) is 0 Å². The van der Waals surface area contributed by atoms with E-state index in [9.17, 15) is 9.59 Å². The van der Waals surface area contributed by atoms with Crippen LogP contribution >= 0.6 is 11.3 Å². The van der Waals surface area contributed by atoms with Crippen LogP contribution in [0.4, 0.5) is 21.3 Å². The summed E-state index contributed by atoms with van der Waals surface area (Å²) in [5.74, 6) is -0.161. The number of carbonyl (C=O) groups excluding carboxylic acids is 2. The maximum absolute atomic E-state index is 12.1. The fourth-order valence-electron chi connectivity index (χ4n) is 2.32. The molecule has 0 saturated carbocycles. The summed E-state index contributed by atoms with van der Waals surface area (Å²) in [6, 6.07) is 12.8. The zero-order valence-electron chi connectivity index (χ0n) is 13.9. The van der Waals surface area contributed by atoms with Crippen LogP contribution < -0.4 is 16.0 Å². The predicted molar refractivity (Wildman–Crippen MR) is 102 cm³/mol. The van der Waals surface area contributed by atoms with E-state index in [-0.39, 0.29) is 11.9 Å². The number of amides is 3. The second kappa shape index (κ2) is 7.31. The molecule has 0 spiro atoms. The topological polar surface area (TPSA) is 83.1 Å². The maximum atomic E-state index is 12.1. The van der Waals surface area contributed by atoms with E-state index in [0.717, 1.165) is 22.3 Å². The first-order chi connectivity index (χ1) is 12.0. The fourth-order valence-corrected chi connectivity index (χ4v) is 3.27. The van der Waals surface area contributed by atoms with Crippen LogP contribution in [-0.2, 0) is 11.2 Å². The number of hydrogen-bond donors (Lipinski definition) is 3. The van der Waals surface area contributed by atoms with Gasteiger partial charge in [-0.05, 0) is 42.3 Å². The second-order valence-corrected chi connectivity index (χ2v) is 6.54. The molecule has 1 heterocycles. The number of rotatable bonds is 4. The monoisotopic (exact) mass is 354 g/mol. The molecule has 0 aliphatic rings. The van der Waals surface area contributed by atoms with Gasteiger partial charge in [-0.3, -0.25) is 4.79 Å². The fraction of sp³-hybridized carbons (Fsp3) is 0.167. The highest BCUT2D eigenvalue weighted by atomic mass is 32.1. The number of thiazole rings is 1. The molecule has 3 N–H and O–H groups in total. The molecule has 0 saturated heterocycles. The van der Waals surface area contributed by atoms with Gasteiger partial charge in [0.25, 0.3) is 0 Å². The van der Waals surface area contributed by atoms with Gasteiger partial charge in [-0.25, -0.2) is 9.78 Å². The molecular weight excluding hydrogens is 336 g/mol. The molecule has 0 aliphatic heterocycles. The smallest absolute Gasteiger partial charge is 0.308 e. The molecule has 0 bridgehead atoms. The first-order valence-corrected chi connectivity index (χ1v) is 8.70. The zero-order chi connectivity index (χ0) is 17.8. The van der Waals surface area contributed by atoms with Crippen molar-refractivity contribution >= 4 is 50.0 Å². The van der Waals surface area contributed by atoms with Crippen LogP contribution in [0.15, 0.2) is 42.5 Å². The molecule has 7 heteroatoms. The van der Waals surface area contributed by atoms with Crippen molar-refractivity contribution in [3.05, 3.63) is 48.0 Å². The third-order valence-electron chi connectivity index (χ3n) is 3.55. The van der Waals surface area contributed by atoms with Crippen molar-refractivity contribution in [2.45, 2.75) is 20.3 Å². The number of aryl methyl sites for hydroxylation is 1. The second-order valence-electron chi connectivity index (χ2n) is 5.51. The lowest BCUT2D eigenvalue weighted by molar-refractivity contribution is -0.114. The van der Waals surface area contributed by atoms with E-state index >= 15 is 0 Å². The lowest BCUT2D eigenvalue weighted by Gasteiger charge is -2.08. The van der Waals surface area contributed by atoms with Gasteiger partial charge in [0.1, 0.15) is 0 Å². The molecule has 3 aromatic rings. The number of urea groups is 1. The van der Waals surface area contributed by atoms with Gasteiger partial charge in [-0.15, -0.1) is 0 Å². The highest BCUT2D eigenvalue weighted by molar-refractivity contribution is 7.22. The van der Waals surface area contributed by atoms with Crippen molar-refractivity contribution in [1.29, 1.82) is 0 Å². The summed E-state index contributed by atoms with van der Waals surface area (Å²) in [6.45, 7) is 3.53. The van der Waals surface area contributed by atoms with Gasteiger partial charge in [-0.2, -0.15) is 0 Å². The number of hydrogen-bond acceptors (Lipinski definition) is 4. The van der Waals surface area contributed by atoms with Crippen molar-refractivity contribution in [3.8, 4) is 0 Å². The number of fused-ring (bicyclic) bond motifs is 1. The molecule has 2 aromatic carbocycles. The van der Waals surface area contributed by atoms with E-state index < -0.39 is 0 Å². The minimum absolute atomic E-state index is 0.161. The number of nitrogens with one attached hydrogen (secondary N) is 3. The summed E-state index contributed by atoms with van der Waals surface area (Å²) < 4.78 is 0.883. The van der Waals surface area contributed by atoms with Crippen LogP contribution in [0.5, 0.6) is 0 Å². The molecule has 0 unspecified atom stereocenters. The van der Waals surface area contributed by atoms with E-state index in [0.29, 0.717) is 10.8 Å². The van der Waals surface area contributed by atoms with Crippen molar-refractivity contribution < 1.29 is 9.59 Å². The summed E-state index contributed by atoms with van der Waals surface area (Å²) in [4.78, 5) is 27.6. The van der Waals surface area contributed by atoms with Gasteiger partial charge in [-0.1, -0.05) is 30.4 Å². The van der Waals surface area contributed by atoms with Crippen molar-refractivity contribution in [3.63, 3.8) is 0 Å². The number of nitrogens with zero attached hydrogens (tertiary/aromatic N) is 1. The Hall–Kier alpha value is -2.93. The molecule has 3 amide bonds. The molecule has 0 radical (unpaired) electrons. The Bertz CT molecular complexity index is 918. The van der Waals surface area contributed by atoms with Crippen LogP contribution in [0.25, 0.3) is 10.2 Å². The minimum Gasteiger partial charge on any atom is -0.308 e. The molecule has 1 aromatic heterocycles. The van der Waals surface area contributed by atoms with Crippen molar-refractivity contribution in [2.75, 3.05) is 16.0 Å². The zero-order valence-corrected chi connectivity index (χ0v) is 14.7. The van der Waals surface area contributed by atoms with Crippen molar-refractivity contribution in [2.24, 2.45) is 0 Å². The van der Waals surface area contributed by atoms with Gasteiger partial charge in [0.2, 0.25) is 5.91 Å². The summed E-state index contributed by atoms with van der Waals surface area (Å²) in [5.41, 5.74) is 3.39. The molecule has 3 rings (SSSR count). The average molecular weight is 354 g/mol. The Balaban J connectivity index is 1.68. The maximum Gasteiger partial charge on any atom is 0.323 e. The summed E-state index contributed by atoms with van der Waals surface area (Å²) in [5, 5.41) is 8.81. The van der Waals surface area contributed by atoms with E-state index in [1.54, 1.807) is 6.07 Å². The molecule has 25 heavy (non-hydrogen) atoms. The van der Waals surface area contributed by atoms with Gasteiger partial charge in [0, 0.05) is 18.3 Å². The van der Waals surface area contributed by atoms with E-state index in [1.165, 1.54) is 23.8 Å². The van der Waals surface area contributed by atoms with Gasteiger partial charge < -0.3 is 16.0 Å².